The number of nitriles is 1. The van der Waals surface area contributed by atoms with Crippen LogP contribution in [0, 0.1) is 11.3 Å². The average molecular weight is 190 g/mol. The van der Waals surface area contributed by atoms with Gasteiger partial charge in [0.05, 0.1) is 6.20 Å². The molecular formula is C9H10N4O. The zero-order valence-electron chi connectivity index (χ0n) is 7.55. The van der Waals surface area contributed by atoms with E-state index in [4.69, 9.17) is 15.7 Å². The van der Waals surface area contributed by atoms with Crippen molar-refractivity contribution in [2.75, 3.05) is 0 Å². The van der Waals surface area contributed by atoms with E-state index in [2.05, 4.69) is 10.2 Å². The van der Waals surface area contributed by atoms with E-state index in [1.54, 1.807) is 6.07 Å². The summed E-state index contributed by atoms with van der Waals surface area (Å²) in [5.74, 6) is 0.312. The average Bonchev–Trinajstić information content (AvgIpc) is 2.16. The second kappa shape index (κ2) is 3.60. The van der Waals surface area contributed by atoms with E-state index in [0.717, 1.165) is 12.8 Å². The fourth-order valence-electron chi connectivity index (χ4n) is 1.35. The first-order valence-electron chi connectivity index (χ1n) is 4.43. The number of hydrogen-bond acceptors (Lipinski definition) is 5. The molecule has 0 bridgehead atoms. The highest BCUT2D eigenvalue weighted by atomic mass is 16.5. The molecule has 0 atom stereocenters. The predicted molar refractivity (Wildman–Crippen MR) is 48.4 cm³/mol. The van der Waals surface area contributed by atoms with Crippen molar-refractivity contribution < 1.29 is 4.74 Å². The van der Waals surface area contributed by atoms with E-state index < -0.39 is 0 Å². The van der Waals surface area contributed by atoms with Gasteiger partial charge in [-0.15, -0.1) is 5.10 Å². The Labute approximate surface area is 81.5 Å². The third-order valence-electron chi connectivity index (χ3n) is 2.22. The third-order valence-corrected chi connectivity index (χ3v) is 2.22. The minimum absolute atomic E-state index is 0.0915. The first kappa shape index (κ1) is 8.91. The Morgan fingerprint density at radius 2 is 2.36 bits per heavy atom. The van der Waals surface area contributed by atoms with Crippen molar-refractivity contribution in [3.8, 4) is 11.9 Å². The Hall–Kier alpha value is -1.67. The number of hydrogen-bond donors (Lipinski definition) is 1. The van der Waals surface area contributed by atoms with Gasteiger partial charge in [-0.1, -0.05) is 0 Å². The second-order valence-electron chi connectivity index (χ2n) is 3.33. The van der Waals surface area contributed by atoms with Crippen LogP contribution in [0.4, 0.5) is 0 Å². The molecule has 1 saturated carbocycles. The van der Waals surface area contributed by atoms with Crippen molar-refractivity contribution in [3.05, 3.63) is 17.8 Å². The van der Waals surface area contributed by atoms with E-state index in [1.807, 2.05) is 6.07 Å². The van der Waals surface area contributed by atoms with Crippen LogP contribution in [0.5, 0.6) is 5.88 Å². The summed E-state index contributed by atoms with van der Waals surface area (Å²) in [5, 5.41) is 16.2. The molecule has 72 valence electrons. The highest BCUT2D eigenvalue weighted by Crippen LogP contribution is 2.24. The van der Waals surface area contributed by atoms with Gasteiger partial charge in [-0.05, 0) is 18.9 Å². The molecule has 1 aliphatic rings. The van der Waals surface area contributed by atoms with Gasteiger partial charge in [-0.2, -0.15) is 10.4 Å². The minimum Gasteiger partial charge on any atom is -0.472 e. The van der Waals surface area contributed by atoms with Gasteiger partial charge in [0.1, 0.15) is 17.7 Å². The lowest BCUT2D eigenvalue weighted by atomic mass is 9.90. The third kappa shape index (κ3) is 1.65. The van der Waals surface area contributed by atoms with E-state index in [-0.39, 0.29) is 12.1 Å². The van der Waals surface area contributed by atoms with Crippen LogP contribution in [0.3, 0.4) is 0 Å². The minimum atomic E-state index is 0.0915. The van der Waals surface area contributed by atoms with Crippen LogP contribution in [0.2, 0.25) is 0 Å². The topological polar surface area (TPSA) is 84.8 Å². The van der Waals surface area contributed by atoms with Gasteiger partial charge in [-0.25, -0.2) is 0 Å². The maximum absolute atomic E-state index is 8.75. The first-order valence-corrected chi connectivity index (χ1v) is 4.43. The molecule has 1 aliphatic carbocycles. The molecule has 0 radical (unpaired) electrons. The molecule has 1 heterocycles. The summed E-state index contributed by atoms with van der Waals surface area (Å²) in [6.45, 7) is 0. The number of nitrogens with two attached hydrogens (primary N) is 1. The van der Waals surface area contributed by atoms with Crippen LogP contribution >= 0.6 is 0 Å². The standard InChI is InChI=1S/C9H10N4O/c10-5-6-1-2-12-13-9(6)14-8-3-7(11)4-8/h1-2,7-8H,3-4,11H2. The van der Waals surface area contributed by atoms with Crippen LogP contribution in [0.1, 0.15) is 18.4 Å². The van der Waals surface area contributed by atoms with E-state index in [0.29, 0.717) is 11.4 Å². The predicted octanol–water partition coefficient (Wildman–Crippen LogP) is 0.217. The molecule has 5 nitrogen and oxygen atoms in total. The highest BCUT2D eigenvalue weighted by molar-refractivity contribution is 5.35. The molecule has 2 rings (SSSR count). The molecule has 0 aliphatic heterocycles. The van der Waals surface area contributed by atoms with Crippen LogP contribution < -0.4 is 10.5 Å². The number of nitrogens with zero attached hydrogens (tertiary/aromatic N) is 3. The molecular weight excluding hydrogens is 180 g/mol. The molecule has 0 unspecified atom stereocenters. The summed E-state index contributed by atoms with van der Waals surface area (Å²) in [6, 6.07) is 3.81. The molecule has 0 amide bonds. The zero-order chi connectivity index (χ0) is 9.97. The fourth-order valence-corrected chi connectivity index (χ4v) is 1.35. The van der Waals surface area contributed by atoms with Gasteiger partial charge in [0.25, 0.3) is 5.88 Å². The van der Waals surface area contributed by atoms with Gasteiger partial charge >= 0.3 is 0 Å². The Kier molecular flexibility index (Phi) is 2.29. The van der Waals surface area contributed by atoms with Gasteiger partial charge in [0, 0.05) is 6.04 Å². The molecule has 0 saturated heterocycles. The number of ether oxygens (including phenoxy) is 1. The molecule has 0 spiro atoms. The summed E-state index contributed by atoms with van der Waals surface area (Å²) in [7, 11) is 0. The Morgan fingerprint density at radius 1 is 1.57 bits per heavy atom. The second-order valence-corrected chi connectivity index (χ2v) is 3.33. The van der Waals surface area contributed by atoms with E-state index in [1.165, 1.54) is 6.20 Å². The molecule has 1 aromatic heterocycles. The summed E-state index contributed by atoms with van der Waals surface area (Å²) >= 11 is 0. The molecule has 5 heteroatoms. The Morgan fingerprint density at radius 3 is 3.00 bits per heavy atom. The summed E-state index contributed by atoms with van der Waals surface area (Å²) in [5.41, 5.74) is 6.03. The largest absolute Gasteiger partial charge is 0.472 e. The number of rotatable bonds is 2. The smallest absolute Gasteiger partial charge is 0.251 e. The maximum Gasteiger partial charge on any atom is 0.251 e. The van der Waals surface area contributed by atoms with E-state index >= 15 is 0 Å². The Balaban J connectivity index is 2.06. The van der Waals surface area contributed by atoms with Gasteiger partial charge in [0.15, 0.2) is 0 Å². The monoisotopic (exact) mass is 190 g/mol. The lowest BCUT2D eigenvalue weighted by Crippen LogP contribution is -2.43. The quantitative estimate of drug-likeness (QED) is 0.720. The SMILES string of the molecule is N#Cc1ccnnc1OC1CC(N)C1. The maximum atomic E-state index is 8.75. The van der Waals surface area contributed by atoms with Crippen LogP contribution in [0.25, 0.3) is 0 Å². The van der Waals surface area contributed by atoms with Crippen molar-refractivity contribution in [1.82, 2.24) is 10.2 Å². The molecule has 2 N–H and O–H groups in total. The Bertz CT molecular complexity index is 367. The van der Waals surface area contributed by atoms with Gasteiger partial charge < -0.3 is 10.5 Å². The van der Waals surface area contributed by atoms with Crippen molar-refractivity contribution in [2.45, 2.75) is 25.0 Å². The molecule has 14 heavy (non-hydrogen) atoms. The van der Waals surface area contributed by atoms with Crippen molar-refractivity contribution in [1.29, 1.82) is 5.26 Å². The van der Waals surface area contributed by atoms with Crippen LogP contribution in [-0.2, 0) is 0 Å². The van der Waals surface area contributed by atoms with Gasteiger partial charge in [0.2, 0.25) is 0 Å². The summed E-state index contributed by atoms with van der Waals surface area (Å²) in [4.78, 5) is 0. The first-order chi connectivity index (χ1) is 6.79. The van der Waals surface area contributed by atoms with Crippen LogP contribution in [0.15, 0.2) is 12.3 Å². The number of aromatic nitrogens is 2. The van der Waals surface area contributed by atoms with Crippen molar-refractivity contribution in [2.24, 2.45) is 5.73 Å². The van der Waals surface area contributed by atoms with Crippen molar-refractivity contribution in [3.63, 3.8) is 0 Å². The molecule has 0 aromatic carbocycles. The zero-order valence-corrected chi connectivity index (χ0v) is 7.55. The summed E-state index contributed by atoms with van der Waals surface area (Å²) < 4.78 is 5.47. The molecule has 1 aromatic rings. The normalized spacial score (nSPS) is 24.9. The molecule has 1 fully saturated rings. The van der Waals surface area contributed by atoms with Crippen molar-refractivity contribution >= 4 is 0 Å². The van der Waals surface area contributed by atoms with Gasteiger partial charge in [-0.3, -0.25) is 0 Å². The highest BCUT2D eigenvalue weighted by Gasteiger charge is 2.28. The lowest BCUT2D eigenvalue weighted by Gasteiger charge is -2.31. The van der Waals surface area contributed by atoms with Crippen LogP contribution in [-0.4, -0.2) is 22.3 Å². The van der Waals surface area contributed by atoms with E-state index in [9.17, 15) is 0 Å². The fraction of sp³-hybridized carbons (Fsp3) is 0.444. The lowest BCUT2D eigenvalue weighted by molar-refractivity contribution is 0.0943. The summed E-state index contributed by atoms with van der Waals surface area (Å²) in [6.07, 6.45) is 3.20.